The lowest BCUT2D eigenvalue weighted by atomic mass is 9.56. The minimum atomic E-state index is -2.04. The lowest BCUT2D eigenvalue weighted by molar-refractivity contribution is -0.138. The summed E-state index contributed by atoms with van der Waals surface area (Å²) in [7, 11) is 4.05. The van der Waals surface area contributed by atoms with Crippen molar-refractivity contribution in [3.8, 4) is 17.2 Å². The molecule has 2 saturated heterocycles. The number of hydrogen-bond acceptors (Lipinski definition) is 8. The van der Waals surface area contributed by atoms with Gasteiger partial charge < -0.3 is 14.6 Å². The van der Waals surface area contributed by atoms with Gasteiger partial charge in [0.1, 0.15) is 17.2 Å². The van der Waals surface area contributed by atoms with Crippen LogP contribution in [0.2, 0.25) is 0 Å². The molecule has 0 bridgehead atoms. The molecule has 2 aromatic rings. The Labute approximate surface area is 257 Å². The van der Waals surface area contributed by atoms with E-state index in [-0.39, 0.29) is 41.4 Å². The van der Waals surface area contributed by atoms with E-state index in [0.29, 0.717) is 16.8 Å². The molecule has 1 N–H and O–H groups in total. The minimum absolute atomic E-state index is 0.139. The normalized spacial score (nSPS) is 31.4. The Bertz CT molecular complexity index is 1630. The molecule has 6 atom stereocenters. The second kappa shape index (κ2) is 9.82. The van der Waals surface area contributed by atoms with Crippen LogP contribution >= 0.6 is 23.2 Å². The Morgan fingerprint density at radius 3 is 2.12 bits per heavy atom. The van der Waals surface area contributed by atoms with Crippen molar-refractivity contribution in [1.82, 2.24) is 4.90 Å². The molecule has 0 spiro atoms. The number of allylic oxidation sites excluding steroid dienone is 2. The molecule has 10 nitrogen and oxygen atoms in total. The monoisotopic (exact) mass is 626 g/mol. The molecule has 2 aliphatic carbocycles. The zero-order valence-electron chi connectivity index (χ0n) is 23.7. The van der Waals surface area contributed by atoms with Crippen molar-refractivity contribution in [3.05, 3.63) is 59.2 Å². The van der Waals surface area contributed by atoms with Gasteiger partial charge in [-0.1, -0.05) is 11.6 Å². The highest BCUT2D eigenvalue weighted by molar-refractivity contribution is 6.53. The van der Waals surface area contributed by atoms with Gasteiger partial charge in [0.2, 0.25) is 11.8 Å². The maximum Gasteiger partial charge on any atom is 0.253 e. The second-order valence-electron chi connectivity index (χ2n) is 11.4. The number of phenolic OH excluding ortho intramolecular Hbond substituents is 1. The molecule has 1 saturated carbocycles. The highest BCUT2D eigenvalue weighted by Crippen LogP contribution is 2.67. The number of ketones is 1. The Balaban J connectivity index is 1.54. The van der Waals surface area contributed by atoms with Crippen LogP contribution < -0.4 is 14.4 Å². The fourth-order valence-electron chi connectivity index (χ4n) is 7.37. The Hall–Kier alpha value is -3.89. The van der Waals surface area contributed by atoms with E-state index >= 15 is 0 Å². The zero-order chi connectivity index (χ0) is 31.2. The largest absolute Gasteiger partial charge is 0.508 e. The average Bonchev–Trinajstić information content (AvgIpc) is 3.31. The SMILES string of the molecule is COc1cc(O)cc(OC)c1C1C2=CCC3C(=O)N(c4ccc(C(C)=O)cc4)C(=O)C3C2CC2(Cl)C(=O)N(C)C(=O)C12Cl. The van der Waals surface area contributed by atoms with Gasteiger partial charge in [-0.05, 0) is 49.9 Å². The van der Waals surface area contributed by atoms with Crippen molar-refractivity contribution >= 4 is 58.3 Å². The molecule has 43 heavy (non-hydrogen) atoms. The molecule has 0 aromatic heterocycles. The molecular formula is C31H28Cl2N2O8. The molecule has 224 valence electrons. The summed E-state index contributed by atoms with van der Waals surface area (Å²) in [5.41, 5.74) is 1.60. The average molecular weight is 627 g/mol. The van der Waals surface area contributed by atoms with E-state index in [1.54, 1.807) is 30.3 Å². The number of anilines is 1. The van der Waals surface area contributed by atoms with E-state index in [2.05, 4.69) is 0 Å². The molecule has 6 rings (SSSR count). The van der Waals surface area contributed by atoms with E-state index in [0.717, 1.165) is 9.80 Å². The van der Waals surface area contributed by atoms with Gasteiger partial charge in [-0.15, -0.1) is 23.2 Å². The van der Waals surface area contributed by atoms with Gasteiger partial charge in [0.15, 0.2) is 15.5 Å². The standard InChI is InChI=1S/C31H28Cl2N2O8/c1-14(36)15-5-7-16(8-6-15)35-26(38)19-10-9-18-20(23(19)27(35)39)13-30(32)28(40)34(2)29(41)31(30,33)25(18)24-21(42-3)11-17(37)12-22(24)43-4/h5-9,11-12,19-20,23,25,37H,10,13H2,1-4H3. The van der Waals surface area contributed by atoms with E-state index in [4.69, 9.17) is 32.7 Å². The molecule has 2 heterocycles. The number of methoxy groups -OCH3 is 2. The number of imide groups is 2. The number of benzene rings is 2. The van der Waals surface area contributed by atoms with E-state index in [1.165, 1.54) is 40.3 Å². The van der Waals surface area contributed by atoms with Crippen LogP contribution in [0.5, 0.6) is 17.2 Å². The Morgan fingerprint density at radius 1 is 0.953 bits per heavy atom. The predicted molar refractivity (Wildman–Crippen MR) is 156 cm³/mol. The second-order valence-corrected chi connectivity index (χ2v) is 12.6. The van der Waals surface area contributed by atoms with Gasteiger partial charge in [-0.2, -0.15) is 0 Å². The molecule has 12 heteroatoms. The first-order valence-electron chi connectivity index (χ1n) is 13.7. The fourth-order valence-corrected chi connectivity index (χ4v) is 8.37. The van der Waals surface area contributed by atoms with E-state index in [9.17, 15) is 29.1 Å². The first-order chi connectivity index (χ1) is 20.3. The van der Waals surface area contributed by atoms with Gasteiger partial charge in [-0.3, -0.25) is 33.8 Å². The molecule has 2 aliphatic heterocycles. The summed E-state index contributed by atoms with van der Waals surface area (Å²) < 4.78 is 11.2. The minimum Gasteiger partial charge on any atom is -0.508 e. The number of halogens is 2. The summed E-state index contributed by atoms with van der Waals surface area (Å²) >= 11 is 14.5. The highest BCUT2D eigenvalue weighted by atomic mass is 35.5. The van der Waals surface area contributed by atoms with Crippen LogP contribution in [0.15, 0.2) is 48.0 Å². The Morgan fingerprint density at radius 2 is 1.56 bits per heavy atom. The summed E-state index contributed by atoms with van der Waals surface area (Å²) in [6.45, 7) is 1.42. The topological polar surface area (TPSA) is 131 Å². The smallest absolute Gasteiger partial charge is 0.253 e. The van der Waals surface area contributed by atoms with Gasteiger partial charge >= 0.3 is 0 Å². The predicted octanol–water partition coefficient (Wildman–Crippen LogP) is 3.81. The van der Waals surface area contributed by atoms with Gasteiger partial charge in [0, 0.05) is 36.2 Å². The first kappa shape index (κ1) is 29.2. The van der Waals surface area contributed by atoms with Gasteiger partial charge in [0.05, 0.1) is 31.7 Å². The van der Waals surface area contributed by atoms with Crippen LogP contribution in [0.3, 0.4) is 0 Å². The molecule has 0 radical (unpaired) electrons. The van der Waals surface area contributed by atoms with Crippen molar-refractivity contribution in [2.75, 3.05) is 26.2 Å². The summed E-state index contributed by atoms with van der Waals surface area (Å²) in [4.78, 5) is 65.1. The van der Waals surface area contributed by atoms with Crippen LogP contribution in [0.1, 0.15) is 41.6 Å². The number of fused-ring (bicyclic) bond motifs is 4. The number of aromatic hydroxyl groups is 1. The van der Waals surface area contributed by atoms with Crippen molar-refractivity contribution in [2.24, 2.45) is 17.8 Å². The molecule has 2 aromatic carbocycles. The van der Waals surface area contributed by atoms with Crippen molar-refractivity contribution in [1.29, 1.82) is 0 Å². The third-order valence-corrected chi connectivity index (χ3v) is 10.8. The van der Waals surface area contributed by atoms with Crippen molar-refractivity contribution in [2.45, 2.75) is 35.4 Å². The lowest BCUT2D eigenvalue weighted by Gasteiger charge is -2.51. The van der Waals surface area contributed by atoms with Crippen molar-refractivity contribution in [3.63, 3.8) is 0 Å². The van der Waals surface area contributed by atoms with Gasteiger partial charge in [0.25, 0.3) is 11.8 Å². The number of rotatable bonds is 5. The number of ether oxygens (including phenoxy) is 2. The maximum absolute atomic E-state index is 14.1. The number of nitrogens with zero attached hydrogens (tertiary/aromatic N) is 2. The number of carbonyl (C=O) groups excluding carboxylic acids is 5. The first-order valence-corrected chi connectivity index (χ1v) is 14.4. The number of hydrogen-bond donors (Lipinski definition) is 1. The summed E-state index contributed by atoms with van der Waals surface area (Å²) in [6, 6.07) is 8.89. The van der Waals surface area contributed by atoms with E-state index in [1.807, 2.05) is 0 Å². The molecular weight excluding hydrogens is 599 g/mol. The Kier molecular flexibility index (Phi) is 6.67. The molecule has 4 amide bonds. The van der Waals surface area contributed by atoms with Crippen LogP contribution in [-0.4, -0.2) is 70.4 Å². The van der Waals surface area contributed by atoms with Crippen LogP contribution in [-0.2, 0) is 19.2 Å². The maximum atomic E-state index is 14.1. The number of likely N-dealkylation sites (tertiary alicyclic amines) is 1. The molecule has 6 unspecified atom stereocenters. The van der Waals surface area contributed by atoms with Gasteiger partial charge in [-0.25, -0.2) is 0 Å². The number of phenols is 1. The summed E-state index contributed by atoms with van der Waals surface area (Å²) in [6.07, 6.45) is 1.80. The summed E-state index contributed by atoms with van der Waals surface area (Å²) in [5.74, 6) is -5.89. The zero-order valence-corrected chi connectivity index (χ0v) is 25.2. The quantitative estimate of drug-likeness (QED) is 0.229. The number of carbonyl (C=O) groups is 5. The lowest BCUT2D eigenvalue weighted by Crippen LogP contribution is -2.60. The molecule has 4 aliphatic rings. The fraction of sp³-hybridized carbons (Fsp3) is 0.387. The number of alkyl halides is 2. The van der Waals surface area contributed by atoms with Crippen LogP contribution in [0.4, 0.5) is 5.69 Å². The van der Waals surface area contributed by atoms with Crippen molar-refractivity contribution < 1.29 is 38.6 Å². The van der Waals surface area contributed by atoms with E-state index < -0.39 is 57.0 Å². The number of Topliss-reactive ketones (excluding diaryl/α,β-unsaturated/α-hetero) is 1. The summed E-state index contributed by atoms with van der Waals surface area (Å²) in [5, 5.41) is 10.4. The van der Waals surface area contributed by atoms with Crippen LogP contribution in [0, 0.1) is 17.8 Å². The number of amides is 4. The highest BCUT2D eigenvalue weighted by Gasteiger charge is 2.76. The van der Waals surface area contributed by atoms with Crippen LogP contribution in [0.25, 0.3) is 0 Å². The molecule has 3 fully saturated rings. The third-order valence-electron chi connectivity index (χ3n) is 9.36. The third kappa shape index (κ3) is 3.75.